The zero-order valence-corrected chi connectivity index (χ0v) is 20.0. The van der Waals surface area contributed by atoms with E-state index in [9.17, 15) is 0 Å². The largest absolute Gasteiger partial charge is 0.289 e. The van der Waals surface area contributed by atoms with E-state index in [1.807, 2.05) is 42.6 Å². The number of benzene rings is 4. The van der Waals surface area contributed by atoms with Gasteiger partial charge >= 0.3 is 0 Å². The Morgan fingerprint density at radius 3 is 2.03 bits per heavy atom. The van der Waals surface area contributed by atoms with Crippen LogP contribution >= 0.6 is 0 Å². The fourth-order valence-electron chi connectivity index (χ4n) is 4.41. The van der Waals surface area contributed by atoms with Crippen molar-refractivity contribution in [1.29, 1.82) is 5.41 Å². The Morgan fingerprint density at radius 1 is 0.722 bits per heavy atom. The standard InChI is InChI=1S/C33H27N3/c34-24-36-33(30-18-16-29(17-19-30)26-10-4-1-5-11-26)35-23-25-20-31(27-12-6-2-7-13-27)22-32(21-25)28-14-8-3-9-15-28/h1-14,16-24,28,34H,15H2/b34-24?,35-23+,36-33-. The maximum Gasteiger partial charge on any atom is 0.160 e. The summed E-state index contributed by atoms with van der Waals surface area (Å²) in [5, 5.41) is 7.56. The Hall–Kier alpha value is -4.63. The van der Waals surface area contributed by atoms with Gasteiger partial charge in [-0.1, -0.05) is 115 Å². The average Bonchev–Trinajstić information content (AvgIpc) is 2.96. The number of hydrogen-bond donors (Lipinski definition) is 1. The second-order valence-electron chi connectivity index (χ2n) is 8.69. The normalized spacial score (nSPS) is 15.3. The van der Waals surface area contributed by atoms with Gasteiger partial charge in [0.05, 0.1) is 0 Å². The summed E-state index contributed by atoms with van der Waals surface area (Å²) < 4.78 is 0. The van der Waals surface area contributed by atoms with Crippen molar-refractivity contribution in [3.05, 3.63) is 144 Å². The number of amidine groups is 1. The van der Waals surface area contributed by atoms with Gasteiger partial charge in [0, 0.05) is 17.7 Å². The van der Waals surface area contributed by atoms with Crippen LogP contribution in [0.4, 0.5) is 0 Å². The number of aliphatic imine (C=N–C) groups is 2. The van der Waals surface area contributed by atoms with Crippen LogP contribution in [-0.2, 0) is 0 Å². The van der Waals surface area contributed by atoms with E-state index in [1.165, 1.54) is 11.1 Å². The van der Waals surface area contributed by atoms with Crippen LogP contribution in [0, 0.1) is 5.41 Å². The third kappa shape index (κ3) is 5.53. The summed E-state index contributed by atoms with van der Waals surface area (Å²) in [7, 11) is 0. The molecule has 36 heavy (non-hydrogen) atoms. The summed E-state index contributed by atoms with van der Waals surface area (Å²) in [5.74, 6) is 0.850. The molecule has 0 heterocycles. The van der Waals surface area contributed by atoms with Gasteiger partial charge in [-0.2, -0.15) is 0 Å². The van der Waals surface area contributed by atoms with E-state index in [2.05, 4.69) is 96.0 Å². The third-order valence-corrected chi connectivity index (χ3v) is 6.27. The van der Waals surface area contributed by atoms with Crippen molar-refractivity contribution >= 4 is 18.4 Å². The van der Waals surface area contributed by atoms with Crippen LogP contribution < -0.4 is 0 Å². The zero-order valence-electron chi connectivity index (χ0n) is 20.0. The molecule has 0 radical (unpaired) electrons. The summed E-state index contributed by atoms with van der Waals surface area (Å²) in [6, 6.07) is 35.5. The quantitative estimate of drug-likeness (QED) is 0.221. The molecule has 0 fully saturated rings. The maximum atomic E-state index is 7.56. The molecule has 4 aromatic rings. The molecular formula is C33H27N3. The minimum atomic E-state index is 0.339. The number of nitrogens with one attached hydrogen (secondary N) is 1. The fraction of sp³-hybridized carbons (Fsp3) is 0.0606. The highest BCUT2D eigenvalue weighted by molar-refractivity contribution is 6.08. The summed E-state index contributed by atoms with van der Waals surface area (Å²) in [5.41, 5.74) is 7.77. The monoisotopic (exact) mass is 465 g/mol. The summed E-state index contributed by atoms with van der Waals surface area (Å²) >= 11 is 0. The van der Waals surface area contributed by atoms with Crippen LogP contribution in [0.5, 0.6) is 0 Å². The summed E-state index contributed by atoms with van der Waals surface area (Å²) in [6.45, 7) is 0. The predicted octanol–water partition coefficient (Wildman–Crippen LogP) is 8.09. The van der Waals surface area contributed by atoms with Crippen LogP contribution in [0.2, 0.25) is 0 Å². The van der Waals surface area contributed by atoms with Crippen LogP contribution in [0.25, 0.3) is 22.3 Å². The van der Waals surface area contributed by atoms with E-state index < -0.39 is 0 Å². The Labute approximate surface area is 212 Å². The highest BCUT2D eigenvalue weighted by Gasteiger charge is 2.12. The summed E-state index contributed by atoms with van der Waals surface area (Å²) in [4.78, 5) is 8.96. The molecule has 1 unspecified atom stereocenters. The van der Waals surface area contributed by atoms with Crippen molar-refractivity contribution in [2.24, 2.45) is 9.98 Å². The van der Waals surface area contributed by atoms with Gasteiger partial charge in [0.15, 0.2) is 5.84 Å². The molecule has 1 aliphatic carbocycles. The first-order valence-electron chi connectivity index (χ1n) is 12.1. The number of hydrogen-bond acceptors (Lipinski definition) is 1. The van der Waals surface area contributed by atoms with E-state index in [0.29, 0.717) is 11.8 Å². The van der Waals surface area contributed by atoms with E-state index in [0.717, 1.165) is 40.6 Å². The minimum Gasteiger partial charge on any atom is -0.289 e. The van der Waals surface area contributed by atoms with Crippen LogP contribution in [0.15, 0.2) is 137 Å². The molecule has 1 N–H and O–H groups in total. The molecule has 0 amide bonds. The van der Waals surface area contributed by atoms with E-state index in [-0.39, 0.29) is 0 Å². The first kappa shape index (κ1) is 23.1. The maximum absolute atomic E-state index is 7.56. The molecule has 3 nitrogen and oxygen atoms in total. The third-order valence-electron chi connectivity index (χ3n) is 6.27. The van der Waals surface area contributed by atoms with Gasteiger partial charge in [0.2, 0.25) is 0 Å². The molecule has 1 atom stereocenters. The Kier molecular flexibility index (Phi) is 7.19. The van der Waals surface area contributed by atoms with Gasteiger partial charge in [-0.25, -0.2) is 9.98 Å². The van der Waals surface area contributed by atoms with E-state index in [1.54, 1.807) is 0 Å². The molecular weight excluding hydrogens is 438 g/mol. The van der Waals surface area contributed by atoms with Crippen molar-refractivity contribution < 1.29 is 0 Å². The van der Waals surface area contributed by atoms with Crippen molar-refractivity contribution in [2.45, 2.75) is 12.3 Å². The zero-order chi connectivity index (χ0) is 24.6. The van der Waals surface area contributed by atoms with E-state index >= 15 is 0 Å². The molecule has 0 aliphatic heterocycles. The lowest BCUT2D eigenvalue weighted by atomic mass is 9.89. The van der Waals surface area contributed by atoms with Gasteiger partial charge in [-0.3, -0.25) is 5.41 Å². The van der Waals surface area contributed by atoms with Gasteiger partial charge in [0.25, 0.3) is 0 Å². The number of rotatable bonds is 6. The smallest absolute Gasteiger partial charge is 0.160 e. The molecule has 0 spiro atoms. The average molecular weight is 466 g/mol. The lowest BCUT2D eigenvalue weighted by Gasteiger charge is -2.16. The number of allylic oxidation sites excluding steroid dienone is 4. The second kappa shape index (κ2) is 11.2. The van der Waals surface area contributed by atoms with Crippen molar-refractivity contribution in [2.75, 3.05) is 0 Å². The molecule has 0 aromatic heterocycles. The van der Waals surface area contributed by atoms with Crippen molar-refractivity contribution in [3.8, 4) is 22.3 Å². The molecule has 0 bridgehead atoms. The topological polar surface area (TPSA) is 48.6 Å². The molecule has 0 saturated carbocycles. The predicted molar refractivity (Wildman–Crippen MR) is 152 cm³/mol. The summed E-state index contributed by atoms with van der Waals surface area (Å²) in [6.07, 6.45) is 12.6. The van der Waals surface area contributed by atoms with Crippen molar-refractivity contribution in [1.82, 2.24) is 0 Å². The SMILES string of the molecule is N=C/N=C(\N=C\c1cc(-c2ccccc2)cc(C2C=CC=CC2)c1)c1ccc(-c2ccccc2)cc1. The van der Waals surface area contributed by atoms with Crippen LogP contribution in [0.3, 0.4) is 0 Å². The fourth-order valence-corrected chi connectivity index (χ4v) is 4.41. The van der Waals surface area contributed by atoms with Gasteiger partial charge in [-0.05, 0) is 51.9 Å². The lowest BCUT2D eigenvalue weighted by molar-refractivity contribution is 0.854. The highest BCUT2D eigenvalue weighted by atomic mass is 14.9. The Balaban J connectivity index is 1.47. The molecule has 0 saturated heterocycles. The molecule has 174 valence electrons. The van der Waals surface area contributed by atoms with Crippen molar-refractivity contribution in [3.63, 3.8) is 0 Å². The van der Waals surface area contributed by atoms with Gasteiger partial charge in [-0.15, -0.1) is 0 Å². The van der Waals surface area contributed by atoms with Crippen LogP contribution in [0.1, 0.15) is 29.0 Å². The van der Waals surface area contributed by atoms with E-state index in [4.69, 9.17) is 10.4 Å². The highest BCUT2D eigenvalue weighted by Crippen LogP contribution is 2.30. The minimum absolute atomic E-state index is 0.339. The lowest BCUT2D eigenvalue weighted by Crippen LogP contribution is -2.01. The van der Waals surface area contributed by atoms with Gasteiger partial charge < -0.3 is 0 Å². The Morgan fingerprint density at radius 2 is 1.39 bits per heavy atom. The first-order valence-corrected chi connectivity index (χ1v) is 12.1. The molecule has 1 aliphatic rings. The Bertz CT molecular complexity index is 1440. The van der Waals surface area contributed by atoms with Crippen LogP contribution in [-0.4, -0.2) is 18.4 Å². The molecule has 3 heteroatoms. The number of nitrogens with zero attached hydrogens (tertiary/aromatic N) is 2. The first-order chi connectivity index (χ1) is 17.8. The van der Waals surface area contributed by atoms with Gasteiger partial charge in [0.1, 0.15) is 6.34 Å². The molecule has 5 rings (SSSR count). The molecule has 4 aromatic carbocycles. The second-order valence-corrected chi connectivity index (χ2v) is 8.69.